The van der Waals surface area contributed by atoms with Crippen LogP contribution in [0.4, 0.5) is 0 Å². The number of hydrogen-bond acceptors (Lipinski definition) is 4. The lowest BCUT2D eigenvalue weighted by Crippen LogP contribution is -2.31. The number of ether oxygens (including phenoxy) is 3. The summed E-state index contributed by atoms with van der Waals surface area (Å²) in [6.07, 6.45) is 1.54. The van der Waals surface area contributed by atoms with E-state index in [1.165, 1.54) is 0 Å². The summed E-state index contributed by atoms with van der Waals surface area (Å²) >= 11 is 0. The van der Waals surface area contributed by atoms with Gasteiger partial charge >= 0.3 is 0 Å². The summed E-state index contributed by atoms with van der Waals surface area (Å²) in [5.41, 5.74) is 1.11. The Labute approximate surface area is 121 Å². The van der Waals surface area contributed by atoms with Crippen LogP contribution in [-0.4, -0.2) is 32.7 Å². The van der Waals surface area contributed by atoms with Crippen molar-refractivity contribution in [3.05, 3.63) is 42.5 Å². The maximum absolute atomic E-state index is 5.62. The molecular formula is C16H25NO3. The predicted octanol–water partition coefficient (Wildman–Crippen LogP) is 2.74. The van der Waals surface area contributed by atoms with E-state index in [0.29, 0.717) is 32.9 Å². The van der Waals surface area contributed by atoms with Crippen LogP contribution in [0.25, 0.3) is 0 Å². The molecule has 0 saturated carbocycles. The first kappa shape index (κ1) is 16.7. The second kappa shape index (κ2) is 10.4. The average molecular weight is 279 g/mol. The van der Waals surface area contributed by atoms with Crippen molar-refractivity contribution in [1.82, 2.24) is 5.32 Å². The summed E-state index contributed by atoms with van der Waals surface area (Å²) in [4.78, 5) is 0. The molecule has 4 nitrogen and oxygen atoms in total. The smallest absolute Gasteiger partial charge is 0.169 e. The standard InChI is InChI=1S/C16H25NO3/c1-4-11-20-15-10-8-7-9-14(15)12-17-13-16(18-5-2)19-6-3/h4,7-10,16-17H,1,5-6,11-13H2,2-3H3. The molecule has 0 saturated heterocycles. The summed E-state index contributed by atoms with van der Waals surface area (Å²) in [5.74, 6) is 0.879. The van der Waals surface area contributed by atoms with Crippen molar-refractivity contribution in [3.63, 3.8) is 0 Å². The van der Waals surface area contributed by atoms with Crippen LogP contribution < -0.4 is 10.1 Å². The molecule has 20 heavy (non-hydrogen) atoms. The molecule has 0 aliphatic rings. The van der Waals surface area contributed by atoms with Gasteiger partial charge in [-0.2, -0.15) is 0 Å². The molecule has 0 amide bonds. The average Bonchev–Trinajstić information content (AvgIpc) is 2.46. The molecular weight excluding hydrogens is 254 g/mol. The molecule has 0 radical (unpaired) electrons. The summed E-state index contributed by atoms with van der Waals surface area (Å²) < 4.78 is 16.6. The Balaban J connectivity index is 2.45. The Morgan fingerprint density at radius 1 is 1.20 bits per heavy atom. The maximum atomic E-state index is 5.62. The van der Waals surface area contributed by atoms with Crippen LogP contribution in [0.3, 0.4) is 0 Å². The fourth-order valence-corrected chi connectivity index (χ4v) is 1.80. The van der Waals surface area contributed by atoms with Gasteiger partial charge in [0.25, 0.3) is 0 Å². The highest BCUT2D eigenvalue weighted by Crippen LogP contribution is 2.17. The van der Waals surface area contributed by atoms with E-state index >= 15 is 0 Å². The van der Waals surface area contributed by atoms with Crippen molar-refractivity contribution in [2.24, 2.45) is 0 Å². The van der Waals surface area contributed by atoms with Crippen molar-refractivity contribution in [1.29, 1.82) is 0 Å². The molecule has 0 unspecified atom stereocenters. The first-order valence-corrected chi connectivity index (χ1v) is 7.07. The van der Waals surface area contributed by atoms with Gasteiger partial charge in [-0.3, -0.25) is 0 Å². The van der Waals surface area contributed by atoms with Gasteiger partial charge in [-0.05, 0) is 19.9 Å². The quantitative estimate of drug-likeness (QED) is 0.499. The van der Waals surface area contributed by atoms with Gasteiger partial charge in [0, 0.05) is 31.9 Å². The normalized spacial score (nSPS) is 10.8. The number of benzene rings is 1. The van der Waals surface area contributed by atoms with Gasteiger partial charge in [0.15, 0.2) is 6.29 Å². The Morgan fingerprint density at radius 2 is 1.90 bits per heavy atom. The first-order valence-electron chi connectivity index (χ1n) is 7.07. The van der Waals surface area contributed by atoms with Crippen molar-refractivity contribution >= 4 is 0 Å². The highest BCUT2D eigenvalue weighted by atomic mass is 16.7. The Kier molecular flexibility index (Phi) is 8.71. The van der Waals surface area contributed by atoms with E-state index in [0.717, 1.165) is 11.3 Å². The minimum atomic E-state index is -0.203. The zero-order valence-corrected chi connectivity index (χ0v) is 12.4. The van der Waals surface area contributed by atoms with Crippen LogP contribution in [0.5, 0.6) is 5.75 Å². The van der Waals surface area contributed by atoms with Crippen LogP contribution in [0, 0.1) is 0 Å². The minimum absolute atomic E-state index is 0.203. The van der Waals surface area contributed by atoms with Crippen LogP contribution in [0.2, 0.25) is 0 Å². The molecule has 0 aromatic heterocycles. The molecule has 1 aromatic carbocycles. The molecule has 0 bridgehead atoms. The number of rotatable bonds is 11. The van der Waals surface area contributed by atoms with Crippen LogP contribution in [0.15, 0.2) is 36.9 Å². The van der Waals surface area contributed by atoms with E-state index in [1.54, 1.807) is 6.08 Å². The summed E-state index contributed by atoms with van der Waals surface area (Å²) in [7, 11) is 0. The predicted molar refractivity (Wildman–Crippen MR) is 80.9 cm³/mol. The molecule has 4 heteroatoms. The highest BCUT2D eigenvalue weighted by molar-refractivity contribution is 5.33. The van der Waals surface area contributed by atoms with Gasteiger partial charge in [0.05, 0.1) is 0 Å². The van der Waals surface area contributed by atoms with Crippen LogP contribution in [-0.2, 0) is 16.0 Å². The van der Waals surface area contributed by atoms with Crippen molar-refractivity contribution in [2.75, 3.05) is 26.4 Å². The van der Waals surface area contributed by atoms with Crippen molar-refractivity contribution < 1.29 is 14.2 Å². The lowest BCUT2D eigenvalue weighted by Gasteiger charge is -2.18. The Hall–Kier alpha value is -1.36. The third-order valence-electron chi connectivity index (χ3n) is 2.66. The summed E-state index contributed by atoms with van der Waals surface area (Å²) in [6.45, 7) is 10.7. The molecule has 1 rings (SSSR count). The molecule has 112 valence electrons. The zero-order valence-electron chi connectivity index (χ0n) is 12.4. The van der Waals surface area contributed by atoms with E-state index in [9.17, 15) is 0 Å². The Bertz CT molecular complexity index is 376. The lowest BCUT2D eigenvalue weighted by molar-refractivity contribution is -0.133. The van der Waals surface area contributed by atoms with E-state index in [4.69, 9.17) is 14.2 Å². The first-order chi connectivity index (χ1) is 9.81. The molecule has 1 aromatic rings. The zero-order chi connectivity index (χ0) is 14.6. The van der Waals surface area contributed by atoms with E-state index in [1.807, 2.05) is 38.1 Å². The maximum Gasteiger partial charge on any atom is 0.169 e. The van der Waals surface area contributed by atoms with Gasteiger partial charge in [0.1, 0.15) is 12.4 Å². The summed E-state index contributed by atoms with van der Waals surface area (Å²) in [6, 6.07) is 7.97. The molecule has 0 fully saturated rings. The molecule has 0 aliphatic heterocycles. The largest absolute Gasteiger partial charge is 0.489 e. The fraction of sp³-hybridized carbons (Fsp3) is 0.500. The summed E-state index contributed by atoms with van der Waals surface area (Å²) in [5, 5.41) is 3.33. The number of para-hydroxylation sites is 1. The van der Waals surface area contributed by atoms with Crippen molar-refractivity contribution in [3.8, 4) is 5.75 Å². The van der Waals surface area contributed by atoms with E-state index in [-0.39, 0.29) is 6.29 Å². The van der Waals surface area contributed by atoms with Gasteiger partial charge in [-0.1, -0.05) is 30.9 Å². The molecule has 1 N–H and O–H groups in total. The van der Waals surface area contributed by atoms with E-state index < -0.39 is 0 Å². The second-order valence-electron chi connectivity index (χ2n) is 4.18. The van der Waals surface area contributed by atoms with E-state index in [2.05, 4.69) is 11.9 Å². The molecule has 0 heterocycles. The lowest BCUT2D eigenvalue weighted by atomic mass is 10.2. The van der Waals surface area contributed by atoms with Crippen molar-refractivity contribution in [2.45, 2.75) is 26.7 Å². The van der Waals surface area contributed by atoms with Crippen LogP contribution in [0.1, 0.15) is 19.4 Å². The van der Waals surface area contributed by atoms with Crippen LogP contribution >= 0.6 is 0 Å². The Morgan fingerprint density at radius 3 is 2.55 bits per heavy atom. The minimum Gasteiger partial charge on any atom is -0.489 e. The fourth-order valence-electron chi connectivity index (χ4n) is 1.80. The number of hydrogen-bond donors (Lipinski definition) is 1. The SMILES string of the molecule is C=CCOc1ccccc1CNCC(OCC)OCC. The monoisotopic (exact) mass is 279 g/mol. The van der Waals surface area contributed by atoms with Gasteiger partial charge in [-0.15, -0.1) is 0 Å². The molecule has 0 spiro atoms. The third-order valence-corrected chi connectivity index (χ3v) is 2.66. The third kappa shape index (κ3) is 6.19. The van der Waals surface area contributed by atoms with Gasteiger partial charge in [-0.25, -0.2) is 0 Å². The highest BCUT2D eigenvalue weighted by Gasteiger charge is 2.08. The molecule has 0 atom stereocenters. The second-order valence-corrected chi connectivity index (χ2v) is 4.18. The van der Waals surface area contributed by atoms with Gasteiger partial charge < -0.3 is 19.5 Å². The van der Waals surface area contributed by atoms with Gasteiger partial charge in [0.2, 0.25) is 0 Å². The number of nitrogens with one attached hydrogen (secondary N) is 1. The topological polar surface area (TPSA) is 39.7 Å². The molecule has 0 aliphatic carbocycles.